The summed E-state index contributed by atoms with van der Waals surface area (Å²) in [7, 11) is -3.92. The number of hydrogen-bond donors (Lipinski definition) is 2. The average Bonchev–Trinajstić information content (AvgIpc) is 3.36. The normalized spacial score (nSPS) is 21.2. The highest BCUT2D eigenvalue weighted by Crippen LogP contribution is 2.39. The summed E-state index contributed by atoms with van der Waals surface area (Å²) in [5.41, 5.74) is 5.63. The summed E-state index contributed by atoms with van der Waals surface area (Å²) in [6, 6.07) is 3.68. The molecular formula is C17H23N3O4S. The first-order valence-corrected chi connectivity index (χ1v) is 9.81. The third kappa shape index (κ3) is 2.83. The third-order valence-electron chi connectivity index (χ3n) is 4.98. The number of nitrogens with zero attached hydrogens (tertiary/aromatic N) is 1. The van der Waals surface area contributed by atoms with E-state index >= 15 is 0 Å². The van der Waals surface area contributed by atoms with Crippen molar-refractivity contribution in [3.63, 3.8) is 0 Å². The van der Waals surface area contributed by atoms with Gasteiger partial charge in [-0.25, -0.2) is 12.7 Å². The van der Waals surface area contributed by atoms with Gasteiger partial charge in [-0.3, -0.25) is 9.59 Å². The Balaban J connectivity index is 1.94. The summed E-state index contributed by atoms with van der Waals surface area (Å²) in [6.07, 6.45) is 2.04. The van der Waals surface area contributed by atoms with E-state index < -0.39 is 27.5 Å². The molecule has 1 unspecified atom stereocenters. The maximum atomic E-state index is 12.6. The molecule has 1 aromatic rings. The molecule has 0 radical (unpaired) electrons. The smallest absolute Gasteiger partial charge is 0.269 e. The van der Waals surface area contributed by atoms with Gasteiger partial charge in [-0.2, -0.15) is 0 Å². The summed E-state index contributed by atoms with van der Waals surface area (Å²) < 4.78 is 26.1. The number of amides is 2. The monoisotopic (exact) mass is 365 g/mol. The molecule has 1 heterocycles. The molecule has 1 fully saturated rings. The highest BCUT2D eigenvalue weighted by Gasteiger charge is 2.44. The Morgan fingerprint density at radius 1 is 1.40 bits per heavy atom. The maximum Gasteiger partial charge on any atom is 0.269 e. The molecule has 1 aliphatic heterocycles. The van der Waals surface area contributed by atoms with Crippen LogP contribution in [0, 0.1) is 5.92 Å². The lowest BCUT2D eigenvalue weighted by molar-refractivity contribution is 0.0844. The van der Waals surface area contributed by atoms with Crippen LogP contribution >= 0.6 is 0 Å². The first-order valence-electron chi connectivity index (χ1n) is 8.37. The Morgan fingerprint density at radius 3 is 2.56 bits per heavy atom. The van der Waals surface area contributed by atoms with Crippen molar-refractivity contribution in [3.8, 4) is 0 Å². The van der Waals surface area contributed by atoms with Crippen LogP contribution in [0.2, 0.25) is 0 Å². The SMILES string of the molecule is CC(C)N1C(=O)c2ccc(C(=O)NC(C)(CN)C3CC3)cc2S1(=O)=O. The van der Waals surface area contributed by atoms with Gasteiger partial charge in [-0.05, 0) is 57.7 Å². The highest BCUT2D eigenvalue weighted by molar-refractivity contribution is 7.90. The van der Waals surface area contributed by atoms with E-state index in [4.69, 9.17) is 5.73 Å². The number of fused-ring (bicyclic) bond motifs is 1. The lowest BCUT2D eigenvalue weighted by atomic mass is 9.95. The van der Waals surface area contributed by atoms with Gasteiger partial charge >= 0.3 is 0 Å². The maximum absolute atomic E-state index is 12.6. The summed E-state index contributed by atoms with van der Waals surface area (Å²) in [4.78, 5) is 24.8. The zero-order valence-electron chi connectivity index (χ0n) is 14.6. The molecule has 25 heavy (non-hydrogen) atoms. The Kier molecular flexibility index (Phi) is 4.15. The van der Waals surface area contributed by atoms with Gasteiger partial charge in [-0.15, -0.1) is 0 Å². The lowest BCUT2D eigenvalue weighted by Gasteiger charge is -2.29. The predicted molar refractivity (Wildman–Crippen MR) is 92.6 cm³/mol. The van der Waals surface area contributed by atoms with Gasteiger partial charge in [0.05, 0.1) is 11.1 Å². The fourth-order valence-electron chi connectivity index (χ4n) is 3.27. The van der Waals surface area contributed by atoms with Crippen LogP contribution in [-0.2, 0) is 10.0 Å². The Hall–Kier alpha value is -1.93. The van der Waals surface area contributed by atoms with Crippen LogP contribution in [0.15, 0.2) is 23.1 Å². The van der Waals surface area contributed by atoms with Gasteiger partial charge in [-0.1, -0.05) is 0 Å². The van der Waals surface area contributed by atoms with Crippen molar-refractivity contribution in [2.45, 2.75) is 50.1 Å². The standard InChI is InChI=1S/C17H23N3O4S/c1-10(2)20-16(22)13-7-4-11(8-14(13)25(20,23)24)15(21)19-17(3,9-18)12-5-6-12/h4,7-8,10,12H,5-6,9,18H2,1-3H3,(H,19,21). The van der Waals surface area contributed by atoms with Crippen molar-refractivity contribution in [3.05, 3.63) is 29.3 Å². The number of benzene rings is 1. The van der Waals surface area contributed by atoms with Crippen LogP contribution in [0.5, 0.6) is 0 Å². The molecule has 1 saturated carbocycles. The fraction of sp³-hybridized carbons (Fsp3) is 0.529. The van der Waals surface area contributed by atoms with E-state index in [1.165, 1.54) is 18.2 Å². The van der Waals surface area contributed by atoms with Gasteiger partial charge in [0, 0.05) is 18.2 Å². The average molecular weight is 365 g/mol. The number of nitrogens with two attached hydrogens (primary N) is 1. The number of rotatable bonds is 5. The van der Waals surface area contributed by atoms with Crippen LogP contribution < -0.4 is 11.1 Å². The number of hydrogen-bond acceptors (Lipinski definition) is 5. The van der Waals surface area contributed by atoms with Gasteiger partial charge in [0.15, 0.2) is 0 Å². The molecule has 3 N–H and O–H groups in total. The van der Waals surface area contributed by atoms with Crippen molar-refractivity contribution in [1.82, 2.24) is 9.62 Å². The molecule has 8 heteroatoms. The zero-order valence-corrected chi connectivity index (χ0v) is 15.4. The van der Waals surface area contributed by atoms with Gasteiger partial charge in [0.2, 0.25) is 0 Å². The first-order chi connectivity index (χ1) is 11.6. The van der Waals surface area contributed by atoms with E-state index in [0.717, 1.165) is 17.1 Å². The van der Waals surface area contributed by atoms with E-state index in [9.17, 15) is 18.0 Å². The molecule has 2 amide bonds. The van der Waals surface area contributed by atoms with Crippen molar-refractivity contribution in [2.75, 3.05) is 6.54 Å². The molecule has 7 nitrogen and oxygen atoms in total. The molecule has 0 saturated heterocycles. The second kappa shape index (κ2) is 5.81. The summed E-state index contributed by atoms with van der Waals surface area (Å²) in [5, 5.41) is 2.93. The van der Waals surface area contributed by atoms with Crippen molar-refractivity contribution < 1.29 is 18.0 Å². The van der Waals surface area contributed by atoms with E-state index in [0.29, 0.717) is 12.5 Å². The van der Waals surface area contributed by atoms with Crippen LogP contribution in [0.4, 0.5) is 0 Å². The van der Waals surface area contributed by atoms with Gasteiger partial charge in [0.25, 0.3) is 21.8 Å². The van der Waals surface area contributed by atoms with Crippen LogP contribution in [0.25, 0.3) is 0 Å². The van der Waals surface area contributed by atoms with Crippen molar-refractivity contribution in [1.29, 1.82) is 0 Å². The first kappa shape index (κ1) is 17.9. The predicted octanol–water partition coefficient (Wildman–Crippen LogP) is 1.10. The summed E-state index contributed by atoms with van der Waals surface area (Å²) >= 11 is 0. The van der Waals surface area contributed by atoms with Gasteiger partial charge in [0.1, 0.15) is 4.90 Å². The van der Waals surface area contributed by atoms with Crippen molar-refractivity contribution >= 4 is 21.8 Å². The number of carbonyl (C=O) groups excluding carboxylic acids is 2. The molecule has 0 spiro atoms. The lowest BCUT2D eigenvalue weighted by Crippen LogP contribution is -2.53. The van der Waals surface area contributed by atoms with Crippen LogP contribution in [0.1, 0.15) is 54.3 Å². The molecule has 1 aliphatic carbocycles. The van der Waals surface area contributed by atoms with E-state index in [1.54, 1.807) is 13.8 Å². The summed E-state index contributed by atoms with van der Waals surface area (Å²) in [6.45, 7) is 5.48. The van der Waals surface area contributed by atoms with Crippen molar-refractivity contribution in [2.24, 2.45) is 11.7 Å². The van der Waals surface area contributed by atoms with E-state index in [2.05, 4.69) is 5.32 Å². The third-order valence-corrected chi connectivity index (χ3v) is 6.98. The minimum Gasteiger partial charge on any atom is -0.345 e. The molecule has 136 valence electrons. The Bertz CT molecular complexity index is 845. The minimum absolute atomic E-state index is 0.106. The fourth-order valence-corrected chi connectivity index (χ4v) is 5.06. The highest BCUT2D eigenvalue weighted by atomic mass is 32.2. The quantitative estimate of drug-likeness (QED) is 0.812. The topological polar surface area (TPSA) is 110 Å². The van der Waals surface area contributed by atoms with Gasteiger partial charge < -0.3 is 11.1 Å². The minimum atomic E-state index is -3.92. The van der Waals surface area contributed by atoms with E-state index in [1.807, 2.05) is 6.92 Å². The largest absolute Gasteiger partial charge is 0.345 e. The number of sulfonamides is 1. The Labute approximate surface area is 147 Å². The second-order valence-electron chi connectivity index (χ2n) is 7.26. The molecule has 0 aromatic heterocycles. The number of nitrogens with one attached hydrogen (secondary N) is 1. The molecule has 3 rings (SSSR count). The van der Waals surface area contributed by atoms with Crippen LogP contribution in [0.3, 0.4) is 0 Å². The van der Waals surface area contributed by atoms with E-state index in [-0.39, 0.29) is 21.9 Å². The number of carbonyl (C=O) groups is 2. The molecule has 1 aromatic carbocycles. The molecule has 1 atom stereocenters. The molecular weight excluding hydrogens is 342 g/mol. The zero-order chi connectivity index (χ0) is 18.6. The molecule has 2 aliphatic rings. The molecule has 0 bridgehead atoms. The van der Waals surface area contributed by atoms with Crippen LogP contribution in [-0.4, -0.2) is 42.7 Å². The Morgan fingerprint density at radius 2 is 2.04 bits per heavy atom. The summed E-state index contributed by atoms with van der Waals surface area (Å²) in [5.74, 6) is -0.590. The second-order valence-corrected chi connectivity index (χ2v) is 9.04.